The van der Waals surface area contributed by atoms with E-state index in [1.54, 1.807) is 0 Å². The van der Waals surface area contributed by atoms with E-state index in [0.29, 0.717) is 19.3 Å². The van der Waals surface area contributed by atoms with Crippen LogP contribution in [0.25, 0.3) is 0 Å². The molecule has 0 aromatic heterocycles. The molecule has 0 spiro atoms. The zero-order valence-electron chi connectivity index (χ0n) is 28.7. The molecule has 6 nitrogen and oxygen atoms in total. The van der Waals surface area contributed by atoms with Crippen LogP contribution in [0.2, 0.25) is 0 Å². The summed E-state index contributed by atoms with van der Waals surface area (Å²) in [5.74, 6) is -1.58. The third kappa shape index (κ3) is 20.5. The van der Waals surface area contributed by atoms with Crippen LogP contribution in [-0.2, 0) is 19.1 Å². The molecule has 254 valence electrons. The van der Waals surface area contributed by atoms with Gasteiger partial charge in [0, 0.05) is 0 Å². The zero-order chi connectivity index (χ0) is 32.2. The van der Waals surface area contributed by atoms with E-state index >= 15 is 0 Å². The van der Waals surface area contributed by atoms with Crippen LogP contribution in [0.15, 0.2) is 0 Å². The second-order valence-corrected chi connectivity index (χ2v) is 12.8. The summed E-state index contributed by atoms with van der Waals surface area (Å²) < 4.78 is 11.7. The second kappa shape index (κ2) is 28.3. The molecule has 0 aliphatic heterocycles. The van der Waals surface area contributed by atoms with Crippen molar-refractivity contribution in [3.63, 3.8) is 0 Å². The number of carbonyl (C=O) groups is 2. The molecule has 0 bridgehead atoms. The molecule has 0 aromatic rings. The Morgan fingerprint density at radius 1 is 0.674 bits per heavy atom. The molecule has 0 rings (SSSR count). The normalized spacial score (nSPS) is 15.0. The van der Waals surface area contributed by atoms with Gasteiger partial charge in [0.1, 0.15) is 6.61 Å². The van der Waals surface area contributed by atoms with Crippen molar-refractivity contribution in [1.29, 1.82) is 0 Å². The molecule has 0 heterocycles. The number of aliphatic hydroxyl groups excluding tert-OH is 2. The van der Waals surface area contributed by atoms with E-state index in [4.69, 9.17) is 16.4 Å². The summed E-state index contributed by atoms with van der Waals surface area (Å²) in [7, 11) is 0. The Labute approximate surface area is 266 Å². The lowest BCUT2D eigenvalue weighted by atomic mass is 9.92. The third-order valence-corrected chi connectivity index (χ3v) is 9.03. The number of rotatable bonds is 31. The van der Waals surface area contributed by atoms with Crippen LogP contribution in [-0.4, -0.2) is 47.1 Å². The first-order valence-electron chi connectivity index (χ1n) is 18.2. The van der Waals surface area contributed by atoms with Crippen LogP contribution in [0, 0.1) is 18.8 Å². The number of hydrogen-bond acceptors (Lipinski definition) is 6. The van der Waals surface area contributed by atoms with Crippen molar-refractivity contribution < 1.29 is 29.3 Å². The van der Waals surface area contributed by atoms with Crippen molar-refractivity contribution in [2.75, 3.05) is 13.2 Å². The quantitative estimate of drug-likeness (QED) is 0.0600. The molecule has 4 unspecified atom stereocenters. The average Bonchev–Trinajstić information content (AvgIpc) is 3.02. The van der Waals surface area contributed by atoms with Gasteiger partial charge in [-0.3, -0.25) is 9.59 Å². The molecule has 0 fully saturated rings. The zero-order valence-corrected chi connectivity index (χ0v) is 28.7. The van der Waals surface area contributed by atoms with E-state index < -0.39 is 30.2 Å². The first-order chi connectivity index (χ1) is 20.8. The van der Waals surface area contributed by atoms with Gasteiger partial charge < -0.3 is 19.7 Å². The molecule has 0 saturated heterocycles. The van der Waals surface area contributed by atoms with E-state index in [9.17, 15) is 19.8 Å². The Balaban J connectivity index is 5.08. The lowest BCUT2D eigenvalue weighted by Crippen LogP contribution is -2.46. The number of aliphatic hydroxyl groups is 2. The van der Waals surface area contributed by atoms with Gasteiger partial charge in [0.15, 0.2) is 5.60 Å². The van der Waals surface area contributed by atoms with E-state index in [0.717, 1.165) is 83.5 Å². The molecule has 0 aromatic carbocycles. The molecule has 43 heavy (non-hydrogen) atoms. The fraction of sp³-hybridized carbons (Fsp3) is 0.919. The molecule has 0 aliphatic rings. The summed E-state index contributed by atoms with van der Waals surface area (Å²) in [5.41, 5.74) is -1.30. The van der Waals surface area contributed by atoms with E-state index in [1.807, 2.05) is 13.8 Å². The average molecular weight is 611 g/mol. The lowest BCUT2D eigenvalue weighted by Gasteiger charge is -2.33. The predicted octanol–water partition coefficient (Wildman–Crippen LogP) is 9.55. The van der Waals surface area contributed by atoms with Crippen molar-refractivity contribution in [3.05, 3.63) is 6.92 Å². The van der Waals surface area contributed by atoms with Crippen LogP contribution >= 0.6 is 0 Å². The van der Waals surface area contributed by atoms with Gasteiger partial charge in [-0.1, -0.05) is 143 Å². The molecule has 2 radical (unpaired) electrons. The first-order valence-corrected chi connectivity index (χ1v) is 18.2. The molecule has 2 N–H and O–H groups in total. The van der Waals surface area contributed by atoms with Gasteiger partial charge in [0.25, 0.3) is 0 Å². The van der Waals surface area contributed by atoms with Gasteiger partial charge in [-0.25, -0.2) is 0 Å². The molecular weight excluding hydrogens is 540 g/mol. The highest BCUT2D eigenvalue weighted by Crippen LogP contribution is 2.26. The number of unbranched alkanes of at least 4 members (excludes halogenated alkanes) is 16. The van der Waals surface area contributed by atoms with Crippen LogP contribution < -0.4 is 0 Å². The topological polar surface area (TPSA) is 93.1 Å². The van der Waals surface area contributed by atoms with Crippen molar-refractivity contribution in [1.82, 2.24) is 0 Å². The summed E-state index contributed by atoms with van der Waals surface area (Å²) in [4.78, 5) is 26.6. The monoisotopic (exact) mass is 611 g/mol. The predicted molar refractivity (Wildman–Crippen MR) is 178 cm³/mol. The highest BCUT2D eigenvalue weighted by molar-refractivity contribution is 5.74. The minimum absolute atomic E-state index is 0.163. The lowest BCUT2D eigenvalue weighted by molar-refractivity contribution is -0.187. The van der Waals surface area contributed by atoms with Crippen molar-refractivity contribution in [3.8, 4) is 0 Å². The van der Waals surface area contributed by atoms with E-state index in [-0.39, 0.29) is 18.5 Å². The van der Waals surface area contributed by atoms with E-state index in [1.165, 1.54) is 51.4 Å². The Hall–Kier alpha value is -1.14. The summed E-state index contributed by atoms with van der Waals surface area (Å²) in [6, 6.07) is 0. The smallest absolute Gasteiger partial charge is 0.312 e. The molecule has 4 atom stereocenters. The number of esters is 2. The summed E-state index contributed by atoms with van der Waals surface area (Å²) in [5, 5.41) is 20.9. The summed E-state index contributed by atoms with van der Waals surface area (Å²) >= 11 is 0. The molecule has 0 aliphatic carbocycles. The fourth-order valence-corrected chi connectivity index (χ4v) is 5.69. The van der Waals surface area contributed by atoms with Gasteiger partial charge in [-0.05, 0) is 45.4 Å². The molecule has 6 heteroatoms. The Morgan fingerprint density at radius 3 is 1.60 bits per heavy atom. The van der Waals surface area contributed by atoms with Crippen LogP contribution in [0.1, 0.15) is 182 Å². The first kappa shape index (κ1) is 41.9. The van der Waals surface area contributed by atoms with Gasteiger partial charge in [0.2, 0.25) is 0 Å². The highest BCUT2D eigenvalue weighted by atomic mass is 16.6. The SMILES string of the molecule is [CH]CCCCCCCCCC(CCCCCC)C(=O)OCC(CC)(CO)OC(=O)C(CCCCCCCCC)C(O)CC. The largest absolute Gasteiger partial charge is 0.461 e. The van der Waals surface area contributed by atoms with Crippen molar-refractivity contribution in [2.45, 2.75) is 193 Å². The maximum atomic E-state index is 13.3. The summed E-state index contributed by atoms with van der Waals surface area (Å²) in [6.45, 7) is 13.1. The maximum Gasteiger partial charge on any atom is 0.312 e. The number of carbonyl (C=O) groups excluding carboxylic acids is 2. The van der Waals surface area contributed by atoms with Gasteiger partial charge >= 0.3 is 11.9 Å². The minimum Gasteiger partial charge on any atom is -0.461 e. The molecule has 0 saturated carbocycles. The van der Waals surface area contributed by atoms with Crippen molar-refractivity contribution >= 4 is 11.9 Å². The van der Waals surface area contributed by atoms with Crippen LogP contribution in [0.5, 0.6) is 0 Å². The fourth-order valence-electron chi connectivity index (χ4n) is 5.69. The second-order valence-electron chi connectivity index (χ2n) is 12.8. The van der Waals surface area contributed by atoms with Crippen molar-refractivity contribution in [2.24, 2.45) is 11.8 Å². The highest BCUT2D eigenvalue weighted by Gasteiger charge is 2.38. The van der Waals surface area contributed by atoms with Gasteiger partial charge in [-0.15, -0.1) is 0 Å². The minimum atomic E-state index is -1.30. The third-order valence-electron chi connectivity index (χ3n) is 9.03. The summed E-state index contributed by atoms with van der Waals surface area (Å²) in [6.07, 6.45) is 23.2. The number of ether oxygens (including phenoxy) is 2. The van der Waals surface area contributed by atoms with Gasteiger partial charge in [0.05, 0.1) is 24.5 Å². The Bertz CT molecular complexity index is 647. The number of hydrogen-bond donors (Lipinski definition) is 2. The van der Waals surface area contributed by atoms with Crippen LogP contribution in [0.3, 0.4) is 0 Å². The molecule has 0 amide bonds. The Kier molecular flexibility index (Phi) is 27.6. The maximum absolute atomic E-state index is 13.3. The van der Waals surface area contributed by atoms with Crippen LogP contribution in [0.4, 0.5) is 0 Å². The van der Waals surface area contributed by atoms with Gasteiger partial charge in [-0.2, -0.15) is 0 Å². The Morgan fingerprint density at radius 2 is 1.14 bits per heavy atom. The molecular formula is C37H70O6. The van der Waals surface area contributed by atoms with E-state index in [2.05, 4.69) is 13.8 Å². The standard InChI is InChI=1S/C37H70O6/c1-6-11-14-17-19-21-22-25-28-32(27-24-16-13-8-3)35(40)42-31-37(10-5,30-38)43-36(41)33(34(39)9-4)29-26-23-20-18-15-12-7-2/h1,32-34,38-39H,6-31H2,2-5H3.